The zero-order valence-corrected chi connectivity index (χ0v) is 12.9. The highest BCUT2D eigenvalue weighted by Crippen LogP contribution is 2.34. The molecule has 1 aliphatic heterocycles. The van der Waals surface area contributed by atoms with Gasteiger partial charge in [0.1, 0.15) is 6.10 Å². The number of thiazole rings is 1. The fraction of sp³-hybridized carbons (Fsp3) is 0.500. The Kier molecular flexibility index (Phi) is 4.03. The molecular formula is C14H18N4O2S. The molecule has 112 valence electrons. The maximum absolute atomic E-state index is 12.4. The summed E-state index contributed by atoms with van der Waals surface area (Å²) >= 11 is 1.56. The van der Waals surface area contributed by atoms with Gasteiger partial charge < -0.3 is 10.1 Å². The van der Waals surface area contributed by atoms with Gasteiger partial charge in [0.15, 0.2) is 0 Å². The monoisotopic (exact) mass is 306 g/mol. The third-order valence-electron chi connectivity index (χ3n) is 3.85. The topological polar surface area (TPSA) is 69.0 Å². The van der Waals surface area contributed by atoms with Crippen molar-refractivity contribution >= 4 is 17.2 Å². The van der Waals surface area contributed by atoms with Crippen LogP contribution in [-0.2, 0) is 23.1 Å². The number of hydrogen-bond acceptors (Lipinski definition) is 5. The molecule has 7 heteroatoms. The molecule has 1 saturated heterocycles. The third-order valence-corrected chi connectivity index (χ3v) is 4.78. The van der Waals surface area contributed by atoms with Crippen LogP contribution in [0.15, 0.2) is 17.8 Å². The summed E-state index contributed by atoms with van der Waals surface area (Å²) in [6.07, 6.45) is 2.26. The fourth-order valence-electron chi connectivity index (χ4n) is 2.61. The number of nitrogens with one attached hydrogen (secondary N) is 1. The molecular weight excluding hydrogens is 288 g/mol. The molecule has 2 aromatic rings. The summed E-state index contributed by atoms with van der Waals surface area (Å²) in [6.45, 7) is 3.09. The molecule has 1 fully saturated rings. The van der Waals surface area contributed by atoms with Crippen molar-refractivity contribution in [1.82, 2.24) is 20.1 Å². The molecule has 2 aromatic heterocycles. The van der Waals surface area contributed by atoms with E-state index in [9.17, 15) is 4.79 Å². The van der Waals surface area contributed by atoms with E-state index in [1.807, 2.05) is 20.0 Å². The Morgan fingerprint density at radius 1 is 1.62 bits per heavy atom. The van der Waals surface area contributed by atoms with E-state index in [0.29, 0.717) is 13.2 Å². The van der Waals surface area contributed by atoms with Crippen LogP contribution >= 0.6 is 11.3 Å². The quantitative estimate of drug-likeness (QED) is 0.931. The Hall–Kier alpha value is -1.73. The predicted molar refractivity (Wildman–Crippen MR) is 78.7 cm³/mol. The van der Waals surface area contributed by atoms with Crippen LogP contribution < -0.4 is 5.32 Å². The number of carbonyl (C=O) groups excluding carboxylic acids is 1. The molecule has 0 saturated carbocycles. The number of aromatic nitrogens is 3. The van der Waals surface area contributed by atoms with Crippen LogP contribution in [0, 0.1) is 12.8 Å². The van der Waals surface area contributed by atoms with Gasteiger partial charge in [0.2, 0.25) is 5.91 Å². The van der Waals surface area contributed by atoms with E-state index in [0.717, 1.165) is 22.7 Å². The van der Waals surface area contributed by atoms with Crippen molar-refractivity contribution in [3.8, 4) is 0 Å². The van der Waals surface area contributed by atoms with Crippen molar-refractivity contribution in [3.05, 3.63) is 34.0 Å². The van der Waals surface area contributed by atoms with Crippen LogP contribution in [0.1, 0.15) is 28.8 Å². The summed E-state index contributed by atoms with van der Waals surface area (Å²) in [7, 11) is 1.87. The average molecular weight is 306 g/mol. The molecule has 1 amide bonds. The second kappa shape index (κ2) is 5.95. The zero-order valence-electron chi connectivity index (χ0n) is 12.1. The summed E-state index contributed by atoms with van der Waals surface area (Å²) in [4.78, 5) is 17.7. The molecule has 0 unspecified atom stereocenters. The SMILES string of the molecule is Cc1ncsc1CNC(=O)[C@@H]1CCO[C@H]1c1ccnn1C. The fourth-order valence-corrected chi connectivity index (χ4v) is 3.32. The number of hydrogen-bond donors (Lipinski definition) is 1. The van der Waals surface area contributed by atoms with Crippen molar-refractivity contribution in [3.63, 3.8) is 0 Å². The normalized spacial score (nSPS) is 21.6. The molecule has 3 rings (SSSR count). The van der Waals surface area contributed by atoms with Gasteiger partial charge >= 0.3 is 0 Å². The van der Waals surface area contributed by atoms with E-state index >= 15 is 0 Å². The van der Waals surface area contributed by atoms with Crippen LogP contribution in [0.5, 0.6) is 0 Å². The second-order valence-electron chi connectivity index (χ2n) is 5.14. The molecule has 2 atom stereocenters. The van der Waals surface area contributed by atoms with Crippen LogP contribution in [0.2, 0.25) is 0 Å². The third kappa shape index (κ3) is 2.84. The van der Waals surface area contributed by atoms with Crippen LogP contribution in [0.3, 0.4) is 0 Å². The summed E-state index contributed by atoms with van der Waals surface area (Å²) in [6, 6.07) is 1.91. The molecule has 0 spiro atoms. The lowest BCUT2D eigenvalue weighted by atomic mass is 9.98. The summed E-state index contributed by atoms with van der Waals surface area (Å²) in [5.74, 6) is -0.125. The van der Waals surface area contributed by atoms with E-state index in [1.165, 1.54) is 0 Å². The molecule has 3 heterocycles. The highest BCUT2D eigenvalue weighted by Gasteiger charge is 2.36. The first-order chi connectivity index (χ1) is 10.2. The summed E-state index contributed by atoms with van der Waals surface area (Å²) < 4.78 is 7.51. The maximum Gasteiger partial charge on any atom is 0.226 e. The van der Waals surface area contributed by atoms with Gasteiger partial charge in [-0.3, -0.25) is 9.48 Å². The Bertz CT molecular complexity index is 636. The van der Waals surface area contributed by atoms with Gasteiger partial charge in [0.25, 0.3) is 0 Å². The zero-order chi connectivity index (χ0) is 14.8. The van der Waals surface area contributed by atoms with Gasteiger partial charge in [-0.25, -0.2) is 4.98 Å². The minimum Gasteiger partial charge on any atom is -0.371 e. The lowest BCUT2D eigenvalue weighted by Crippen LogP contribution is -2.32. The maximum atomic E-state index is 12.4. The van der Waals surface area contributed by atoms with E-state index in [1.54, 1.807) is 27.7 Å². The standard InChI is InChI=1S/C14H18N4O2S/c1-9-12(21-8-16-9)7-15-14(19)10-4-6-20-13(10)11-3-5-17-18(11)2/h3,5,8,10,13H,4,6-7H2,1-2H3,(H,15,19)/t10-,13-/m1/s1. The highest BCUT2D eigenvalue weighted by atomic mass is 32.1. The molecule has 0 bridgehead atoms. The van der Waals surface area contributed by atoms with Crippen LogP contribution in [0.25, 0.3) is 0 Å². The molecule has 21 heavy (non-hydrogen) atoms. The van der Waals surface area contributed by atoms with E-state index in [-0.39, 0.29) is 17.9 Å². The van der Waals surface area contributed by atoms with Crippen molar-refractivity contribution < 1.29 is 9.53 Å². The van der Waals surface area contributed by atoms with Crippen LogP contribution in [-0.4, -0.2) is 27.3 Å². The minimum atomic E-state index is -0.208. The van der Waals surface area contributed by atoms with Gasteiger partial charge in [-0.15, -0.1) is 11.3 Å². The average Bonchev–Trinajstić information content (AvgIpc) is 3.16. The van der Waals surface area contributed by atoms with Gasteiger partial charge in [-0.05, 0) is 19.4 Å². The molecule has 0 aliphatic carbocycles. The van der Waals surface area contributed by atoms with Gasteiger partial charge in [-0.2, -0.15) is 5.10 Å². The Morgan fingerprint density at radius 2 is 2.48 bits per heavy atom. The van der Waals surface area contributed by atoms with Crippen molar-refractivity contribution in [1.29, 1.82) is 0 Å². The Labute approximate surface area is 127 Å². The van der Waals surface area contributed by atoms with E-state index in [4.69, 9.17) is 4.74 Å². The van der Waals surface area contributed by atoms with Crippen molar-refractivity contribution in [2.75, 3.05) is 6.61 Å². The second-order valence-corrected chi connectivity index (χ2v) is 6.08. The summed E-state index contributed by atoms with van der Waals surface area (Å²) in [5.41, 5.74) is 3.72. The largest absolute Gasteiger partial charge is 0.371 e. The number of carbonyl (C=O) groups is 1. The predicted octanol–water partition coefficient (Wildman–Crippen LogP) is 1.58. The number of ether oxygens (including phenoxy) is 1. The molecule has 0 aromatic carbocycles. The first-order valence-corrected chi connectivity index (χ1v) is 7.81. The van der Waals surface area contributed by atoms with Gasteiger partial charge in [0.05, 0.1) is 29.4 Å². The molecule has 1 aliphatic rings. The molecule has 1 N–H and O–H groups in total. The first kappa shape index (κ1) is 14.2. The van der Waals surface area contributed by atoms with E-state index in [2.05, 4.69) is 15.4 Å². The highest BCUT2D eigenvalue weighted by molar-refractivity contribution is 7.09. The summed E-state index contributed by atoms with van der Waals surface area (Å²) in [5, 5.41) is 7.15. The minimum absolute atomic E-state index is 0.0338. The Morgan fingerprint density at radius 3 is 3.14 bits per heavy atom. The van der Waals surface area contributed by atoms with Crippen LogP contribution in [0.4, 0.5) is 0 Å². The Balaban J connectivity index is 1.66. The van der Waals surface area contributed by atoms with Crippen molar-refractivity contribution in [2.45, 2.75) is 26.0 Å². The first-order valence-electron chi connectivity index (χ1n) is 6.93. The lowest BCUT2D eigenvalue weighted by Gasteiger charge is -2.18. The lowest BCUT2D eigenvalue weighted by molar-refractivity contribution is -0.127. The number of rotatable bonds is 4. The smallest absolute Gasteiger partial charge is 0.226 e. The van der Waals surface area contributed by atoms with Gasteiger partial charge in [-0.1, -0.05) is 0 Å². The molecule has 0 radical (unpaired) electrons. The van der Waals surface area contributed by atoms with E-state index < -0.39 is 0 Å². The van der Waals surface area contributed by atoms with Gasteiger partial charge in [0, 0.05) is 24.7 Å². The molecule has 6 nitrogen and oxygen atoms in total. The number of amides is 1. The van der Waals surface area contributed by atoms with Crippen molar-refractivity contribution in [2.24, 2.45) is 13.0 Å². The number of aryl methyl sites for hydroxylation is 2. The number of nitrogens with zero attached hydrogens (tertiary/aromatic N) is 3.